The summed E-state index contributed by atoms with van der Waals surface area (Å²) in [6, 6.07) is 8.12. The lowest BCUT2D eigenvalue weighted by Crippen LogP contribution is -2.40. The molecule has 0 bridgehead atoms. The van der Waals surface area contributed by atoms with Gasteiger partial charge in [0.15, 0.2) is 0 Å². The molecule has 2 aromatic rings. The van der Waals surface area contributed by atoms with Crippen LogP contribution in [0, 0.1) is 6.92 Å². The zero-order valence-electron chi connectivity index (χ0n) is 14.1. The van der Waals surface area contributed by atoms with Crippen molar-refractivity contribution in [1.29, 1.82) is 0 Å². The third-order valence-corrected chi connectivity index (χ3v) is 5.23. The molecule has 1 N–H and O–H groups in total. The molecule has 2 aliphatic heterocycles. The number of anilines is 1. The number of aromatic nitrogens is 2. The number of nitrogens with zero attached hydrogens (tertiary/aromatic N) is 3. The van der Waals surface area contributed by atoms with Crippen LogP contribution in [0.2, 0.25) is 0 Å². The predicted octanol–water partition coefficient (Wildman–Crippen LogP) is 2.46. The molecule has 4 rings (SSSR count). The molecule has 3 heterocycles. The lowest BCUT2D eigenvalue weighted by Gasteiger charge is -2.25. The first-order valence-electron chi connectivity index (χ1n) is 8.85. The van der Waals surface area contributed by atoms with Crippen LogP contribution in [0.25, 0.3) is 0 Å². The highest BCUT2D eigenvalue weighted by atomic mass is 16.2. The van der Waals surface area contributed by atoms with Crippen LogP contribution >= 0.6 is 0 Å². The summed E-state index contributed by atoms with van der Waals surface area (Å²) in [7, 11) is 0. The van der Waals surface area contributed by atoms with Gasteiger partial charge >= 0.3 is 0 Å². The van der Waals surface area contributed by atoms with Crippen molar-refractivity contribution >= 4 is 11.6 Å². The van der Waals surface area contributed by atoms with Crippen molar-refractivity contribution in [3.8, 4) is 0 Å². The average Bonchev–Trinajstić information content (AvgIpc) is 3.21. The average molecular weight is 324 g/mol. The Morgan fingerprint density at radius 1 is 1.21 bits per heavy atom. The summed E-state index contributed by atoms with van der Waals surface area (Å²) < 4.78 is 2.24. The molecular weight excluding hydrogens is 300 g/mol. The van der Waals surface area contributed by atoms with Gasteiger partial charge in [-0.1, -0.05) is 17.7 Å². The van der Waals surface area contributed by atoms with E-state index in [0.717, 1.165) is 44.0 Å². The first kappa shape index (κ1) is 15.4. The molecule has 0 saturated carbocycles. The van der Waals surface area contributed by atoms with Gasteiger partial charge in [-0.05, 0) is 38.3 Å². The minimum Gasteiger partial charge on any atom is -0.335 e. The summed E-state index contributed by atoms with van der Waals surface area (Å²) >= 11 is 0. The Hall–Kier alpha value is -2.14. The van der Waals surface area contributed by atoms with E-state index >= 15 is 0 Å². The molecule has 0 aliphatic carbocycles. The molecule has 5 nitrogen and oxygen atoms in total. The van der Waals surface area contributed by atoms with E-state index in [1.165, 1.54) is 12.0 Å². The number of hydrogen-bond donors (Lipinski definition) is 1. The van der Waals surface area contributed by atoms with Crippen molar-refractivity contribution < 1.29 is 4.79 Å². The maximum atomic E-state index is 12.7. The number of imidazole rings is 1. The van der Waals surface area contributed by atoms with Gasteiger partial charge in [-0.2, -0.15) is 0 Å². The summed E-state index contributed by atoms with van der Waals surface area (Å²) in [6.45, 7) is 4.75. The minimum atomic E-state index is -0.0726. The molecule has 1 aromatic carbocycles. The van der Waals surface area contributed by atoms with Crippen molar-refractivity contribution in [2.45, 2.75) is 44.7 Å². The Balaban J connectivity index is 1.39. The Morgan fingerprint density at radius 2 is 2.04 bits per heavy atom. The summed E-state index contributed by atoms with van der Waals surface area (Å²) in [5.41, 5.74) is 2.22. The first-order valence-corrected chi connectivity index (χ1v) is 8.85. The molecule has 0 spiro atoms. The fraction of sp³-hybridized carbons (Fsp3) is 0.474. The molecule has 126 valence electrons. The van der Waals surface area contributed by atoms with Crippen LogP contribution in [0.4, 0.5) is 5.69 Å². The van der Waals surface area contributed by atoms with Gasteiger partial charge in [0.25, 0.3) is 0 Å². The van der Waals surface area contributed by atoms with Crippen LogP contribution in [0.15, 0.2) is 36.7 Å². The summed E-state index contributed by atoms with van der Waals surface area (Å²) in [6.07, 6.45) is 7.14. The minimum absolute atomic E-state index is 0.0726. The number of amides is 1. The highest BCUT2D eigenvalue weighted by Gasteiger charge is 2.33. The lowest BCUT2D eigenvalue weighted by molar-refractivity contribution is -0.118. The summed E-state index contributed by atoms with van der Waals surface area (Å²) in [5, 5.41) is 3.50. The monoisotopic (exact) mass is 324 g/mol. The van der Waals surface area contributed by atoms with E-state index in [-0.39, 0.29) is 11.9 Å². The molecule has 0 radical (unpaired) electrons. The molecule has 2 atom stereocenters. The van der Waals surface area contributed by atoms with E-state index in [4.69, 9.17) is 0 Å². The number of nitrogens with one attached hydrogen (secondary N) is 1. The largest absolute Gasteiger partial charge is 0.335 e. The SMILES string of the molecule is Cc1ccc(N2CC[C@@H](NC[C@H]3CCCn4ccnc43)C2=O)cc1. The molecule has 1 amide bonds. The van der Waals surface area contributed by atoms with E-state index in [0.29, 0.717) is 5.92 Å². The molecule has 1 fully saturated rings. The summed E-state index contributed by atoms with van der Waals surface area (Å²) in [4.78, 5) is 19.1. The summed E-state index contributed by atoms with van der Waals surface area (Å²) in [5.74, 6) is 1.77. The molecule has 0 unspecified atom stereocenters. The Morgan fingerprint density at radius 3 is 2.88 bits per heavy atom. The van der Waals surface area contributed by atoms with E-state index in [1.807, 2.05) is 23.2 Å². The van der Waals surface area contributed by atoms with Gasteiger partial charge in [-0.3, -0.25) is 4.79 Å². The van der Waals surface area contributed by atoms with E-state index in [2.05, 4.69) is 40.1 Å². The second kappa shape index (κ2) is 6.40. The van der Waals surface area contributed by atoms with Gasteiger partial charge < -0.3 is 14.8 Å². The van der Waals surface area contributed by atoms with Gasteiger partial charge in [0, 0.05) is 43.6 Å². The third-order valence-electron chi connectivity index (χ3n) is 5.23. The van der Waals surface area contributed by atoms with Crippen molar-refractivity contribution in [3.05, 3.63) is 48.0 Å². The van der Waals surface area contributed by atoms with Gasteiger partial charge in [-0.15, -0.1) is 0 Å². The number of aryl methyl sites for hydroxylation is 2. The van der Waals surface area contributed by atoms with Gasteiger partial charge in [0.2, 0.25) is 5.91 Å². The predicted molar refractivity (Wildman–Crippen MR) is 94.1 cm³/mol. The van der Waals surface area contributed by atoms with Crippen molar-refractivity contribution in [1.82, 2.24) is 14.9 Å². The lowest BCUT2D eigenvalue weighted by atomic mass is 9.98. The van der Waals surface area contributed by atoms with Crippen LogP contribution in [0.5, 0.6) is 0 Å². The number of carbonyl (C=O) groups is 1. The molecule has 24 heavy (non-hydrogen) atoms. The standard InChI is InChI=1S/C19H24N4O/c1-14-4-6-16(7-5-14)23-11-8-17(19(23)24)21-13-15-3-2-10-22-12-9-20-18(15)22/h4-7,9,12,15,17,21H,2-3,8,10-11,13H2,1H3/t15-,17-/m1/s1. The highest BCUT2D eigenvalue weighted by molar-refractivity contribution is 5.99. The maximum Gasteiger partial charge on any atom is 0.244 e. The molecule has 2 aliphatic rings. The smallest absolute Gasteiger partial charge is 0.244 e. The zero-order chi connectivity index (χ0) is 16.5. The second-order valence-corrected chi connectivity index (χ2v) is 6.89. The topological polar surface area (TPSA) is 50.2 Å². The van der Waals surface area contributed by atoms with Crippen LogP contribution in [-0.2, 0) is 11.3 Å². The Kier molecular flexibility index (Phi) is 4.10. The maximum absolute atomic E-state index is 12.7. The normalized spacial score (nSPS) is 23.5. The molecule has 1 aromatic heterocycles. The van der Waals surface area contributed by atoms with E-state index in [9.17, 15) is 4.79 Å². The zero-order valence-corrected chi connectivity index (χ0v) is 14.1. The number of rotatable bonds is 4. The van der Waals surface area contributed by atoms with Crippen LogP contribution in [0.3, 0.4) is 0 Å². The number of fused-ring (bicyclic) bond motifs is 1. The first-order chi connectivity index (χ1) is 11.7. The van der Waals surface area contributed by atoms with Gasteiger partial charge in [-0.25, -0.2) is 4.98 Å². The number of benzene rings is 1. The Bertz CT molecular complexity index is 721. The van der Waals surface area contributed by atoms with Gasteiger partial charge in [0.05, 0.1) is 6.04 Å². The number of carbonyl (C=O) groups excluding carboxylic acids is 1. The quantitative estimate of drug-likeness (QED) is 0.940. The van der Waals surface area contributed by atoms with Crippen LogP contribution < -0.4 is 10.2 Å². The van der Waals surface area contributed by atoms with Crippen LogP contribution in [0.1, 0.15) is 36.6 Å². The van der Waals surface area contributed by atoms with Gasteiger partial charge in [0.1, 0.15) is 5.82 Å². The van der Waals surface area contributed by atoms with Crippen molar-refractivity contribution in [3.63, 3.8) is 0 Å². The number of hydrogen-bond acceptors (Lipinski definition) is 3. The third kappa shape index (κ3) is 2.84. The molecule has 1 saturated heterocycles. The Labute approximate surface area is 142 Å². The molecule has 5 heteroatoms. The van der Waals surface area contributed by atoms with Crippen LogP contribution in [-0.4, -0.2) is 34.6 Å². The second-order valence-electron chi connectivity index (χ2n) is 6.89. The van der Waals surface area contributed by atoms with E-state index in [1.54, 1.807) is 0 Å². The van der Waals surface area contributed by atoms with E-state index < -0.39 is 0 Å². The highest BCUT2D eigenvalue weighted by Crippen LogP contribution is 2.26. The molecular formula is C19H24N4O. The van der Waals surface area contributed by atoms with Crippen molar-refractivity contribution in [2.75, 3.05) is 18.0 Å². The fourth-order valence-electron chi connectivity index (χ4n) is 3.84. The fourth-order valence-corrected chi connectivity index (χ4v) is 3.84. The van der Waals surface area contributed by atoms with Crippen molar-refractivity contribution in [2.24, 2.45) is 0 Å².